The highest BCUT2D eigenvalue weighted by atomic mass is 79.9. The van der Waals surface area contributed by atoms with Gasteiger partial charge in [0.05, 0.1) is 18.8 Å². The summed E-state index contributed by atoms with van der Waals surface area (Å²) in [5, 5.41) is 10.9. The van der Waals surface area contributed by atoms with Gasteiger partial charge < -0.3 is 14.7 Å². The zero-order valence-corrected chi connectivity index (χ0v) is 20.9. The molecule has 182 valence electrons. The largest absolute Gasteiger partial charge is 0.465 e. The second-order valence-corrected chi connectivity index (χ2v) is 10.1. The minimum Gasteiger partial charge on any atom is -0.465 e. The SMILES string of the molecule is COC(=O)c1ccc2c(c1)CCCC(Br)=C2c1ccc(C(O)C2CCN(CCC(F)F)C2)cc1. The lowest BCUT2D eigenvalue weighted by Gasteiger charge is -2.21. The van der Waals surface area contributed by atoms with Gasteiger partial charge in [0.1, 0.15) is 0 Å². The van der Waals surface area contributed by atoms with E-state index in [1.54, 1.807) is 6.07 Å². The zero-order valence-electron chi connectivity index (χ0n) is 19.3. The number of hydrogen-bond donors (Lipinski definition) is 1. The molecule has 2 aromatic carbocycles. The van der Waals surface area contributed by atoms with Crippen molar-refractivity contribution >= 4 is 27.5 Å². The van der Waals surface area contributed by atoms with Crippen molar-refractivity contribution in [3.8, 4) is 0 Å². The maximum atomic E-state index is 12.5. The van der Waals surface area contributed by atoms with Crippen LogP contribution in [0.2, 0.25) is 0 Å². The first-order chi connectivity index (χ1) is 16.4. The molecule has 0 saturated carbocycles. The molecule has 2 unspecified atom stereocenters. The summed E-state index contributed by atoms with van der Waals surface area (Å²) in [4.78, 5) is 14.0. The highest BCUT2D eigenvalue weighted by Crippen LogP contribution is 2.39. The molecule has 1 aliphatic carbocycles. The van der Waals surface area contributed by atoms with E-state index in [-0.39, 0.29) is 18.3 Å². The van der Waals surface area contributed by atoms with Crippen LogP contribution in [-0.2, 0) is 11.2 Å². The number of carbonyl (C=O) groups is 1. The molecule has 2 aliphatic rings. The maximum Gasteiger partial charge on any atom is 0.337 e. The third-order valence-electron chi connectivity index (χ3n) is 6.87. The number of halogens is 3. The van der Waals surface area contributed by atoms with Gasteiger partial charge in [-0.1, -0.05) is 46.3 Å². The molecule has 0 amide bonds. The van der Waals surface area contributed by atoms with Gasteiger partial charge in [0.2, 0.25) is 6.43 Å². The standard InChI is InChI=1S/C27H30BrF2NO3/c1-34-27(33)20-9-10-22-19(15-20)3-2-4-23(28)25(22)17-5-7-18(8-6-17)26(32)21-11-13-31(16-21)14-12-24(29)30/h5-10,15,21,24,26,32H,2-4,11-14,16H2,1H3. The molecular weight excluding hydrogens is 504 g/mol. The monoisotopic (exact) mass is 533 g/mol. The average Bonchev–Trinajstić information content (AvgIpc) is 3.25. The van der Waals surface area contributed by atoms with E-state index >= 15 is 0 Å². The van der Waals surface area contributed by atoms with E-state index in [4.69, 9.17) is 4.74 Å². The highest BCUT2D eigenvalue weighted by molar-refractivity contribution is 9.11. The Morgan fingerprint density at radius 1 is 1.21 bits per heavy atom. The number of hydrogen-bond acceptors (Lipinski definition) is 4. The molecule has 4 rings (SSSR count). The van der Waals surface area contributed by atoms with Crippen LogP contribution in [0.3, 0.4) is 0 Å². The van der Waals surface area contributed by atoms with E-state index in [0.29, 0.717) is 18.7 Å². The van der Waals surface area contributed by atoms with Crippen LogP contribution in [0, 0.1) is 5.92 Å². The Bertz CT molecular complexity index is 1050. The summed E-state index contributed by atoms with van der Waals surface area (Å²) >= 11 is 3.78. The van der Waals surface area contributed by atoms with Crippen LogP contribution in [0.5, 0.6) is 0 Å². The molecule has 1 N–H and O–H groups in total. The number of aliphatic hydroxyl groups excluding tert-OH is 1. The van der Waals surface area contributed by atoms with Gasteiger partial charge in [-0.2, -0.15) is 0 Å². The van der Waals surface area contributed by atoms with Crippen LogP contribution >= 0.6 is 15.9 Å². The third-order valence-corrected chi connectivity index (χ3v) is 7.66. The Balaban J connectivity index is 1.53. The fourth-order valence-corrected chi connectivity index (χ4v) is 5.75. The molecule has 0 radical (unpaired) electrons. The molecule has 1 heterocycles. The fourth-order valence-electron chi connectivity index (χ4n) is 5.03. The summed E-state index contributed by atoms with van der Waals surface area (Å²) in [5.74, 6) is -0.292. The number of fused-ring (bicyclic) bond motifs is 1. The molecule has 34 heavy (non-hydrogen) atoms. The minimum atomic E-state index is -2.29. The summed E-state index contributed by atoms with van der Waals surface area (Å²) in [6.07, 6.45) is 0.529. The molecule has 4 nitrogen and oxygen atoms in total. The number of aryl methyl sites for hydroxylation is 1. The van der Waals surface area contributed by atoms with Crippen LogP contribution in [-0.4, -0.2) is 49.1 Å². The first-order valence-electron chi connectivity index (χ1n) is 11.8. The molecule has 2 aromatic rings. The van der Waals surface area contributed by atoms with Gasteiger partial charge in [0, 0.05) is 29.9 Å². The van der Waals surface area contributed by atoms with Crippen molar-refractivity contribution in [2.24, 2.45) is 5.92 Å². The van der Waals surface area contributed by atoms with Gasteiger partial charge >= 0.3 is 5.97 Å². The first kappa shape index (κ1) is 25.0. The van der Waals surface area contributed by atoms with Crippen molar-refractivity contribution in [2.45, 2.75) is 44.6 Å². The van der Waals surface area contributed by atoms with Crippen molar-refractivity contribution in [3.05, 3.63) is 74.8 Å². The van der Waals surface area contributed by atoms with Gasteiger partial charge in [0.15, 0.2) is 0 Å². The van der Waals surface area contributed by atoms with Gasteiger partial charge in [0.25, 0.3) is 0 Å². The summed E-state index contributed by atoms with van der Waals surface area (Å²) in [6.45, 7) is 1.76. The summed E-state index contributed by atoms with van der Waals surface area (Å²) in [7, 11) is 1.39. The van der Waals surface area contributed by atoms with Crippen molar-refractivity contribution in [1.82, 2.24) is 4.90 Å². The number of methoxy groups -OCH3 is 1. The lowest BCUT2D eigenvalue weighted by molar-refractivity contribution is 0.0600. The smallest absolute Gasteiger partial charge is 0.337 e. The predicted octanol–water partition coefficient (Wildman–Crippen LogP) is 5.97. The van der Waals surface area contributed by atoms with Gasteiger partial charge in [-0.05, 0) is 72.2 Å². The van der Waals surface area contributed by atoms with E-state index in [1.807, 2.05) is 41.3 Å². The van der Waals surface area contributed by atoms with E-state index < -0.39 is 12.5 Å². The van der Waals surface area contributed by atoms with Crippen molar-refractivity contribution < 1.29 is 23.4 Å². The third kappa shape index (κ3) is 5.58. The van der Waals surface area contributed by atoms with Crippen LogP contribution in [0.25, 0.3) is 5.57 Å². The van der Waals surface area contributed by atoms with Gasteiger partial charge in [-0.25, -0.2) is 13.6 Å². The Hall–Kier alpha value is -2.09. The number of allylic oxidation sites excluding steroid dienone is 1. The lowest BCUT2D eigenvalue weighted by atomic mass is 9.90. The van der Waals surface area contributed by atoms with Crippen LogP contribution in [0.1, 0.15) is 64.4 Å². The van der Waals surface area contributed by atoms with Crippen LogP contribution < -0.4 is 0 Å². The molecule has 0 aromatic heterocycles. The predicted molar refractivity (Wildman–Crippen MR) is 132 cm³/mol. The Labute approximate surface area is 207 Å². The number of carbonyl (C=O) groups excluding carboxylic acids is 1. The van der Waals surface area contributed by atoms with E-state index in [0.717, 1.165) is 64.5 Å². The average molecular weight is 534 g/mol. The first-order valence-corrected chi connectivity index (χ1v) is 12.6. The van der Waals surface area contributed by atoms with Crippen LogP contribution in [0.15, 0.2) is 46.9 Å². The number of esters is 1. The fraction of sp³-hybridized carbons (Fsp3) is 0.444. The normalized spacial score (nSPS) is 19.8. The summed E-state index contributed by atoms with van der Waals surface area (Å²) in [5.41, 5.74) is 5.75. The number of likely N-dealkylation sites (tertiary alicyclic amines) is 1. The van der Waals surface area contributed by atoms with E-state index in [2.05, 4.69) is 15.9 Å². The van der Waals surface area contributed by atoms with Gasteiger partial charge in [-0.3, -0.25) is 0 Å². The molecule has 0 bridgehead atoms. The molecule has 1 fully saturated rings. The summed E-state index contributed by atoms with van der Waals surface area (Å²) < 4.78 is 31.0. The number of benzene rings is 2. The van der Waals surface area contributed by atoms with Crippen molar-refractivity contribution in [3.63, 3.8) is 0 Å². The lowest BCUT2D eigenvalue weighted by Crippen LogP contribution is -2.25. The van der Waals surface area contributed by atoms with E-state index in [1.165, 1.54) is 7.11 Å². The Morgan fingerprint density at radius 2 is 1.97 bits per heavy atom. The van der Waals surface area contributed by atoms with E-state index in [9.17, 15) is 18.7 Å². The molecule has 0 spiro atoms. The highest BCUT2D eigenvalue weighted by Gasteiger charge is 2.29. The second kappa shape index (κ2) is 11.1. The Morgan fingerprint density at radius 3 is 2.68 bits per heavy atom. The number of alkyl halides is 2. The van der Waals surface area contributed by atoms with Crippen molar-refractivity contribution in [2.75, 3.05) is 26.7 Å². The molecular formula is C27H30BrF2NO3. The topological polar surface area (TPSA) is 49.8 Å². The Kier molecular flexibility index (Phi) is 8.17. The molecule has 1 saturated heterocycles. The second-order valence-electron chi connectivity index (χ2n) is 9.09. The number of aliphatic hydroxyl groups is 1. The number of rotatable bonds is 7. The van der Waals surface area contributed by atoms with Crippen LogP contribution in [0.4, 0.5) is 8.78 Å². The molecule has 7 heteroatoms. The number of nitrogens with zero attached hydrogens (tertiary/aromatic N) is 1. The molecule has 2 atom stereocenters. The maximum absolute atomic E-state index is 12.5. The van der Waals surface area contributed by atoms with Crippen molar-refractivity contribution in [1.29, 1.82) is 0 Å². The zero-order chi connectivity index (χ0) is 24.2. The number of ether oxygens (including phenoxy) is 1. The summed E-state index contributed by atoms with van der Waals surface area (Å²) in [6, 6.07) is 13.7. The quantitative estimate of drug-likeness (QED) is 0.445. The minimum absolute atomic E-state index is 0.0461. The molecule has 1 aliphatic heterocycles. The van der Waals surface area contributed by atoms with Gasteiger partial charge in [-0.15, -0.1) is 0 Å².